The Hall–Kier alpha value is -2.51. The summed E-state index contributed by atoms with van der Waals surface area (Å²) in [5.74, 6) is -1.72. The van der Waals surface area contributed by atoms with Crippen molar-refractivity contribution in [2.24, 2.45) is 0 Å². The van der Waals surface area contributed by atoms with Gasteiger partial charge in [0.2, 0.25) is 5.91 Å². The molecule has 132 valence electrons. The Bertz CT molecular complexity index is 599. The van der Waals surface area contributed by atoms with Crippen LogP contribution >= 0.6 is 0 Å². The number of rotatable bonds is 8. The van der Waals surface area contributed by atoms with Crippen LogP contribution in [0.1, 0.15) is 18.9 Å². The van der Waals surface area contributed by atoms with Gasteiger partial charge in [0.1, 0.15) is 11.8 Å². The smallest absolute Gasteiger partial charge is 0.422 e. The van der Waals surface area contributed by atoms with Crippen molar-refractivity contribution in [3.8, 4) is 5.75 Å². The summed E-state index contributed by atoms with van der Waals surface area (Å²) in [6, 6.07) is 4.61. The lowest BCUT2D eigenvalue weighted by Gasteiger charge is -2.13. The second-order valence-electron chi connectivity index (χ2n) is 4.99. The molecule has 0 heterocycles. The maximum absolute atomic E-state index is 12.1. The Morgan fingerprint density at radius 3 is 2.67 bits per heavy atom. The van der Waals surface area contributed by atoms with Crippen LogP contribution in [0.4, 0.5) is 13.2 Å². The zero-order valence-electron chi connectivity index (χ0n) is 13.0. The normalized spacial score (nSPS) is 12.8. The number of ether oxygens (including phenoxy) is 1. The SMILES string of the molecule is C/C=C/CC(NC(=O)Cc1cccc(OCC(F)(F)F)c1)C(=O)O. The van der Waals surface area contributed by atoms with E-state index in [1.54, 1.807) is 25.1 Å². The van der Waals surface area contributed by atoms with Crippen molar-refractivity contribution in [3.05, 3.63) is 42.0 Å². The molecule has 0 aliphatic heterocycles. The molecule has 0 aromatic heterocycles. The average Bonchev–Trinajstić information content (AvgIpc) is 2.49. The van der Waals surface area contributed by atoms with Crippen molar-refractivity contribution >= 4 is 11.9 Å². The van der Waals surface area contributed by atoms with Crippen molar-refractivity contribution in [2.45, 2.75) is 32.0 Å². The number of amides is 1. The molecule has 1 atom stereocenters. The van der Waals surface area contributed by atoms with Crippen molar-refractivity contribution < 1.29 is 32.6 Å². The lowest BCUT2D eigenvalue weighted by Crippen LogP contribution is -2.41. The molecule has 1 amide bonds. The number of hydrogen-bond donors (Lipinski definition) is 2. The highest BCUT2D eigenvalue weighted by atomic mass is 19.4. The number of halogens is 3. The molecule has 1 aromatic rings. The van der Waals surface area contributed by atoms with E-state index in [0.717, 1.165) is 0 Å². The average molecular weight is 345 g/mol. The first-order valence-electron chi connectivity index (χ1n) is 7.13. The molecule has 5 nitrogen and oxygen atoms in total. The van der Waals surface area contributed by atoms with Crippen molar-refractivity contribution in [1.29, 1.82) is 0 Å². The van der Waals surface area contributed by atoms with E-state index in [2.05, 4.69) is 10.1 Å². The van der Waals surface area contributed by atoms with Crippen LogP contribution in [0, 0.1) is 0 Å². The molecule has 1 rings (SSSR count). The lowest BCUT2D eigenvalue weighted by molar-refractivity contribution is -0.153. The minimum Gasteiger partial charge on any atom is -0.484 e. The summed E-state index contributed by atoms with van der Waals surface area (Å²) in [7, 11) is 0. The second kappa shape index (κ2) is 8.95. The van der Waals surface area contributed by atoms with Gasteiger partial charge >= 0.3 is 12.1 Å². The van der Waals surface area contributed by atoms with E-state index in [0.29, 0.717) is 5.56 Å². The molecule has 0 spiro atoms. The van der Waals surface area contributed by atoms with Crippen molar-refractivity contribution in [2.75, 3.05) is 6.61 Å². The Labute approximate surface area is 137 Å². The van der Waals surface area contributed by atoms with Gasteiger partial charge in [-0.3, -0.25) is 4.79 Å². The predicted octanol–water partition coefficient (Wildman–Crippen LogP) is 2.71. The summed E-state index contributed by atoms with van der Waals surface area (Å²) in [6.07, 6.45) is -1.18. The molecule has 1 unspecified atom stereocenters. The van der Waals surface area contributed by atoms with Crippen LogP contribution in [0.2, 0.25) is 0 Å². The van der Waals surface area contributed by atoms with E-state index in [1.165, 1.54) is 18.2 Å². The number of hydrogen-bond acceptors (Lipinski definition) is 3. The molecule has 0 aliphatic rings. The number of alkyl halides is 3. The molecule has 24 heavy (non-hydrogen) atoms. The van der Waals surface area contributed by atoms with E-state index in [1.807, 2.05) is 0 Å². The van der Waals surface area contributed by atoms with Crippen LogP contribution in [0.3, 0.4) is 0 Å². The summed E-state index contributed by atoms with van der Waals surface area (Å²) >= 11 is 0. The molecule has 8 heteroatoms. The predicted molar refractivity (Wildman–Crippen MR) is 80.7 cm³/mol. The van der Waals surface area contributed by atoms with Crippen LogP contribution < -0.4 is 10.1 Å². The summed E-state index contributed by atoms with van der Waals surface area (Å²) in [5, 5.41) is 11.4. The number of aliphatic carboxylic acids is 1. The molecule has 2 N–H and O–H groups in total. The Kier molecular flexibility index (Phi) is 7.29. The van der Waals surface area contributed by atoms with E-state index < -0.39 is 30.7 Å². The molecule has 0 saturated heterocycles. The first-order valence-corrected chi connectivity index (χ1v) is 7.13. The van der Waals surface area contributed by atoms with Crippen LogP contribution in [0.25, 0.3) is 0 Å². The van der Waals surface area contributed by atoms with Gasteiger partial charge in [-0.25, -0.2) is 4.79 Å². The van der Waals surface area contributed by atoms with Crippen molar-refractivity contribution in [1.82, 2.24) is 5.32 Å². The van der Waals surface area contributed by atoms with Gasteiger partial charge in [0.25, 0.3) is 0 Å². The highest BCUT2D eigenvalue weighted by Gasteiger charge is 2.28. The Balaban J connectivity index is 2.64. The molecule has 0 saturated carbocycles. The van der Waals surface area contributed by atoms with Gasteiger partial charge in [-0.15, -0.1) is 0 Å². The number of nitrogens with one attached hydrogen (secondary N) is 1. The van der Waals surface area contributed by atoms with E-state index >= 15 is 0 Å². The first-order chi connectivity index (χ1) is 11.2. The quantitative estimate of drug-likeness (QED) is 0.711. The first kappa shape index (κ1) is 19.5. The highest BCUT2D eigenvalue weighted by Crippen LogP contribution is 2.19. The maximum atomic E-state index is 12.1. The highest BCUT2D eigenvalue weighted by molar-refractivity contribution is 5.85. The van der Waals surface area contributed by atoms with E-state index in [4.69, 9.17) is 5.11 Å². The van der Waals surface area contributed by atoms with E-state index in [-0.39, 0.29) is 18.6 Å². The third-order valence-corrected chi connectivity index (χ3v) is 2.91. The molecular weight excluding hydrogens is 327 g/mol. The van der Waals surface area contributed by atoms with Gasteiger partial charge in [0.05, 0.1) is 6.42 Å². The standard InChI is InChI=1S/C16H18F3NO4/c1-2-3-7-13(15(22)23)20-14(21)9-11-5-4-6-12(8-11)24-10-16(17,18)19/h2-6,8,13H,7,9-10H2,1H3,(H,20,21)(H,22,23)/b3-2+. The van der Waals surface area contributed by atoms with Gasteiger partial charge < -0.3 is 15.2 Å². The zero-order chi connectivity index (χ0) is 18.2. The molecule has 0 radical (unpaired) electrons. The second-order valence-corrected chi connectivity index (χ2v) is 4.99. The fourth-order valence-corrected chi connectivity index (χ4v) is 1.83. The number of carboxylic acid groups (broad SMARTS) is 1. The Morgan fingerprint density at radius 1 is 1.38 bits per heavy atom. The largest absolute Gasteiger partial charge is 0.484 e. The number of benzene rings is 1. The summed E-state index contributed by atoms with van der Waals surface area (Å²) < 4.78 is 41.0. The monoisotopic (exact) mass is 345 g/mol. The van der Waals surface area contributed by atoms with E-state index in [9.17, 15) is 22.8 Å². The van der Waals surface area contributed by atoms with Gasteiger partial charge in [-0.05, 0) is 31.0 Å². The van der Waals surface area contributed by atoms with Gasteiger partial charge in [0.15, 0.2) is 6.61 Å². The van der Waals surface area contributed by atoms with Crippen LogP contribution in [0.5, 0.6) is 5.75 Å². The number of carbonyl (C=O) groups is 2. The number of allylic oxidation sites excluding steroid dienone is 1. The summed E-state index contributed by atoms with van der Waals surface area (Å²) in [4.78, 5) is 23.0. The fourth-order valence-electron chi connectivity index (χ4n) is 1.83. The van der Waals surface area contributed by atoms with Gasteiger partial charge in [-0.1, -0.05) is 24.3 Å². The Morgan fingerprint density at radius 2 is 2.08 bits per heavy atom. The molecule has 0 bridgehead atoms. The minimum absolute atomic E-state index is 0.0127. The fraction of sp³-hybridized carbons (Fsp3) is 0.375. The van der Waals surface area contributed by atoms with Crippen LogP contribution in [0.15, 0.2) is 36.4 Å². The summed E-state index contributed by atoms with van der Waals surface area (Å²) in [5.41, 5.74) is 0.419. The third kappa shape index (κ3) is 7.66. The molecule has 1 aromatic carbocycles. The molecule has 0 aliphatic carbocycles. The third-order valence-electron chi connectivity index (χ3n) is 2.91. The summed E-state index contributed by atoms with van der Waals surface area (Å²) in [6.45, 7) is 0.306. The van der Waals surface area contributed by atoms with Crippen molar-refractivity contribution in [3.63, 3.8) is 0 Å². The number of carboxylic acids is 1. The zero-order valence-corrected chi connectivity index (χ0v) is 13.0. The minimum atomic E-state index is -4.45. The topological polar surface area (TPSA) is 75.6 Å². The maximum Gasteiger partial charge on any atom is 0.422 e. The molecular formula is C16H18F3NO4. The van der Waals surface area contributed by atoms with Crippen LogP contribution in [-0.4, -0.2) is 35.8 Å². The lowest BCUT2D eigenvalue weighted by atomic mass is 10.1. The number of carbonyl (C=O) groups excluding carboxylic acids is 1. The van der Waals surface area contributed by atoms with Gasteiger partial charge in [-0.2, -0.15) is 13.2 Å². The van der Waals surface area contributed by atoms with Gasteiger partial charge in [0, 0.05) is 0 Å². The molecule has 0 fully saturated rings. The van der Waals surface area contributed by atoms with Crippen LogP contribution in [-0.2, 0) is 16.0 Å².